The van der Waals surface area contributed by atoms with Crippen LogP contribution in [0.5, 0.6) is 0 Å². The minimum atomic E-state index is 0. The van der Waals surface area contributed by atoms with Crippen LogP contribution in [-0.4, -0.2) is 97.0 Å². The molecule has 4 N–H and O–H groups in total. The molecule has 15 aromatic rings. The van der Waals surface area contributed by atoms with E-state index < -0.39 is 0 Å². The van der Waals surface area contributed by atoms with Gasteiger partial charge in [-0.05, 0) is 194 Å². The summed E-state index contributed by atoms with van der Waals surface area (Å²) in [6.45, 7) is 29.4. The van der Waals surface area contributed by atoms with Gasteiger partial charge in [-0.2, -0.15) is 30.7 Å². The molecule has 0 aliphatic carbocycles. The van der Waals surface area contributed by atoms with Gasteiger partial charge in [0.25, 0.3) is 0 Å². The quantitative estimate of drug-likeness (QED) is 0.0133. The highest BCUT2D eigenvalue weighted by Gasteiger charge is 2.16. The molecule has 42 heteroatoms. The third kappa shape index (κ3) is 42.7. The van der Waals surface area contributed by atoms with Crippen LogP contribution in [0.25, 0.3) is 0 Å². The third-order valence-corrected chi connectivity index (χ3v) is 23.5. The fourth-order valence-corrected chi connectivity index (χ4v) is 15.2. The van der Waals surface area contributed by atoms with Gasteiger partial charge in [-0.25, -0.2) is 64.8 Å². The first-order chi connectivity index (χ1) is 67.6. The van der Waals surface area contributed by atoms with Crippen molar-refractivity contribution in [3.05, 3.63) is 313 Å². The molecule has 0 unspecified atom stereocenters. The van der Waals surface area contributed by atoms with E-state index in [1.54, 1.807) is 6.20 Å². The van der Waals surface area contributed by atoms with E-state index in [9.17, 15) is 0 Å². The Bertz CT molecular complexity index is 5940. The molecule has 9 aromatic heterocycles. The molecule has 0 fully saturated rings. The molecule has 9 heterocycles. The Morgan fingerprint density at radius 2 is 0.596 bits per heavy atom. The van der Waals surface area contributed by atoms with Gasteiger partial charge in [0.2, 0.25) is 12.7 Å². The number of pyridine rings is 3. The van der Waals surface area contributed by atoms with Gasteiger partial charge in [-0.1, -0.05) is 31.3 Å². The van der Waals surface area contributed by atoms with E-state index in [4.69, 9.17) is 0 Å². The molecule has 780 valence electrons. The van der Waals surface area contributed by atoms with Crippen molar-refractivity contribution < 1.29 is 150 Å². The summed E-state index contributed by atoms with van der Waals surface area (Å²) in [7, 11) is 9.75. The smallest absolute Gasteiger partial charge is 0.421 e. The number of nitrogens with one attached hydrogen (secondary N) is 4. The fraction of sp³-hybridized carbons (Fsp3) is 0.337. The zero-order chi connectivity index (χ0) is 96.7. The van der Waals surface area contributed by atoms with Crippen molar-refractivity contribution >= 4 is 119 Å². The van der Waals surface area contributed by atoms with Crippen molar-refractivity contribution in [3.8, 4) is 0 Å². The van der Waals surface area contributed by atoms with E-state index in [1.165, 1.54) is 17.1 Å². The highest BCUT2D eigenvalue weighted by Crippen LogP contribution is 2.28. The minimum absolute atomic E-state index is 0. The molecule has 0 aliphatic rings. The van der Waals surface area contributed by atoms with Crippen molar-refractivity contribution in [2.45, 2.75) is 132 Å². The number of anilines is 6. The number of alkyl halides is 1. The molecule has 0 atom stereocenters. The number of azo groups is 6. The van der Waals surface area contributed by atoms with Gasteiger partial charge in [0.15, 0.2) is 50.3 Å². The summed E-state index contributed by atoms with van der Waals surface area (Å²) in [5.74, 6) is 2.31. The predicted octanol–water partition coefficient (Wildman–Crippen LogP) is -3.00. The number of H-pyrrole nitrogens is 1. The molecule has 0 spiro atoms. The summed E-state index contributed by atoms with van der Waals surface area (Å²) in [5, 5.41) is 63.5. The Morgan fingerprint density at radius 1 is 0.308 bits per heavy atom. The third-order valence-electron chi connectivity index (χ3n) is 22.9. The number of benzene rings is 6. The van der Waals surface area contributed by atoms with Crippen molar-refractivity contribution in [1.82, 2.24) is 32.8 Å². The number of hydrogen-bond donors (Lipinski definition) is 4. The first kappa shape index (κ1) is 126. The van der Waals surface area contributed by atoms with Crippen LogP contribution in [-0.2, 0) is 87.6 Å². The molecule has 15 rings (SSSR count). The van der Waals surface area contributed by atoms with Gasteiger partial charge in [-0.3, -0.25) is 0 Å². The Labute approximate surface area is 930 Å². The second kappa shape index (κ2) is 69.8. The average Bonchev–Trinajstić information content (AvgIpc) is 1.72. The number of imidazole rings is 6. The maximum Gasteiger partial charge on any atom is 0.421 e. The van der Waals surface area contributed by atoms with Crippen LogP contribution in [0, 0.1) is 0 Å². The fourth-order valence-electron chi connectivity index (χ4n) is 14.9. The number of rotatable bonds is 47. The molecule has 6 aromatic carbocycles. The normalized spacial score (nSPS) is 10.8. The van der Waals surface area contributed by atoms with Crippen LogP contribution in [0.2, 0.25) is 0 Å². The second-order valence-electron chi connectivity index (χ2n) is 33.0. The van der Waals surface area contributed by atoms with Crippen LogP contribution < -0.4 is 180 Å². The van der Waals surface area contributed by atoms with E-state index in [2.05, 4.69) is 295 Å². The number of aromatic amines is 1. The van der Waals surface area contributed by atoms with E-state index in [1.807, 2.05) is 266 Å². The van der Waals surface area contributed by atoms with Crippen LogP contribution in [0.4, 0.5) is 103 Å². The molecule has 0 aliphatic heterocycles. The summed E-state index contributed by atoms with van der Waals surface area (Å²) in [5.41, 5.74) is 14.5. The first-order valence-electron chi connectivity index (χ1n) is 47.8. The Balaban J connectivity index is 0.000000417. The highest BCUT2D eigenvalue weighted by molar-refractivity contribution is 9.09. The Hall–Kier alpha value is -12.2. The number of aromatic nitrogens is 15. The molecule has 0 radical (unpaired) electrons. The monoisotopic (exact) mass is 2340 g/mol. The summed E-state index contributed by atoms with van der Waals surface area (Å²) in [6, 6.07) is 60.8. The van der Waals surface area contributed by atoms with Crippen molar-refractivity contribution in [2.24, 2.45) is 96.6 Å². The van der Waals surface area contributed by atoms with Crippen LogP contribution in [0.1, 0.15) is 80.1 Å². The van der Waals surface area contributed by atoms with Gasteiger partial charge in [0, 0.05) is 201 Å². The molecule has 0 saturated heterocycles. The summed E-state index contributed by atoms with van der Waals surface area (Å²) in [6.07, 6.45) is 48.8. The number of nitrogens with zero attached hydrogens (tertiary/aromatic N) is 29. The van der Waals surface area contributed by atoms with Gasteiger partial charge < -0.3 is 148 Å². The van der Waals surface area contributed by atoms with E-state index >= 15 is 0 Å². The zero-order valence-corrected chi connectivity index (χ0v) is 94.9. The summed E-state index contributed by atoms with van der Waals surface area (Å²) >= 11 is 3.45. The number of hydrogen-bond acceptors (Lipinski definition) is 19. The van der Waals surface area contributed by atoms with Gasteiger partial charge in [0.1, 0.15) is 48.4 Å². The SMILES string of the molecule is CCN(CC)c1ccc(N=Nc2cc[n+](CCCBr)cc2)cc1.CCN(CC)c1ccc(N=Nc2cc[n+](CCC[n+]3ccn(CCCNc4ccc(N=Nc5n(C)cc[n+]5C)cc4)c3)cc2)cc1.CCN(CC)c1ccc(N=Nc2cc[n+](CCC[n+]3ccn(CCCNc4ccc(N=Nc5n(C)cc[n+]5C)cc4)c3)cc2)cc1.C[n+]1cc[nH]c1N=Nc1ccc(NCCCn2ccnc2)cc1.[Br-].[Br-].[Br-].[Cl-].[Cl-].[Cl-].[Cl-].[Cl-]. The van der Waals surface area contributed by atoms with E-state index in [-0.39, 0.29) is 113 Å². The van der Waals surface area contributed by atoms with E-state index in [0.717, 1.165) is 235 Å². The van der Waals surface area contributed by atoms with Crippen LogP contribution in [0.15, 0.2) is 374 Å². The Kier molecular flexibility index (Phi) is 60.3. The average molecular weight is 2350 g/mol. The predicted molar refractivity (Wildman–Crippen MR) is 548 cm³/mol. The maximum absolute atomic E-state index is 4.41. The summed E-state index contributed by atoms with van der Waals surface area (Å²) in [4.78, 5) is 14.0. The molecular formula is C104H136Br4Cl5N33. The van der Waals surface area contributed by atoms with E-state index in [0.29, 0.717) is 5.95 Å². The van der Waals surface area contributed by atoms with Crippen molar-refractivity contribution in [2.75, 3.05) is 94.9 Å². The summed E-state index contributed by atoms with van der Waals surface area (Å²) < 4.78 is 27.3. The largest absolute Gasteiger partial charge is 1.00 e. The lowest BCUT2D eigenvalue weighted by Crippen LogP contribution is -3.00. The molecule has 0 saturated carbocycles. The van der Waals surface area contributed by atoms with Crippen molar-refractivity contribution in [3.63, 3.8) is 0 Å². The maximum atomic E-state index is 4.41. The molecule has 33 nitrogen and oxygen atoms in total. The van der Waals surface area contributed by atoms with Crippen LogP contribution in [0.3, 0.4) is 0 Å². The topological polar surface area (TPSA) is 278 Å². The lowest BCUT2D eigenvalue weighted by atomic mass is 10.2. The van der Waals surface area contributed by atoms with Gasteiger partial charge in [-0.15, -0.1) is 0 Å². The second-order valence-corrected chi connectivity index (χ2v) is 33.8. The van der Waals surface area contributed by atoms with Crippen LogP contribution >= 0.6 is 15.9 Å². The molecule has 0 amide bonds. The number of aryl methyl sites for hydroxylation is 13. The minimum Gasteiger partial charge on any atom is -1.00 e. The van der Waals surface area contributed by atoms with Gasteiger partial charge >= 0.3 is 17.8 Å². The highest BCUT2D eigenvalue weighted by atomic mass is 79.9. The lowest BCUT2D eigenvalue weighted by molar-refractivity contribution is -0.726. The lowest BCUT2D eigenvalue weighted by Gasteiger charge is -2.20. The zero-order valence-electron chi connectivity index (χ0n) is 84.8. The standard InChI is InChI=1S/2C35H45N11.C18H24BrN4.C16H19N7.3BrH.5ClH/c2*1-5-46(6-2)34-15-13-32(14-16-34)37-38-33-17-23-43(24-18-33)21-8-22-45-28-27-44(29-45)20-7-19-36-30-9-11-31(12-10-30)39-40-35-41(3)25-26-42(35)4;1-3-23(4-2)18-8-6-16(7-9-18)20-21-17-10-14-22(15-11-17)13-5-12-19;1-22-11-9-19-16(22)21-20-15-5-3-14(4-6-15)18-7-2-10-23-12-8-17-13-23;;;;;;;;/h2*9-18,23-29H,5-8,19-22H2,1-4H3;6-11,14-15H,3-5,12-13H2,1-2H3;3-6,8-9,11-13H,2,7,10H2,1H3,(H,18,19,21);8*1H/q2*+2;+1;;;;;;;;;/p-5. The molecular weight excluding hydrogens is 2210 g/mol. The Morgan fingerprint density at radius 3 is 0.877 bits per heavy atom. The molecule has 0 bridgehead atoms. The molecule has 146 heavy (non-hydrogen) atoms. The number of halogens is 9. The first-order valence-corrected chi connectivity index (χ1v) is 48.9. The van der Waals surface area contributed by atoms with Crippen molar-refractivity contribution in [1.29, 1.82) is 0 Å². The van der Waals surface area contributed by atoms with Gasteiger partial charge in [0.05, 0.1) is 139 Å².